The molecule has 3 heteroatoms. The van der Waals surface area contributed by atoms with Gasteiger partial charge in [-0.1, -0.05) is 29.8 Å². The number of allylic oxidation sites excluding steroid dienone is 1. The molecule has 0 saturated carbocycles. The molecule has 0 unspecified atom stereocenters. The van der Waals surface area contributed by atoms with Crippen LogP contribution in [0.2, 0.25) is 5.02 Å². The predicted octanol–water partition coefficient (Wildman–Crippen LogP) is 3.94. The number of aromatic hydroxyl groups is 1. The Hall–Kier alpha value is -2.06. The van der Waals surface area contributed by atoms with Gasteiger partial charge >= 0.3 is 0 Å². The number of phenols is 1. The van der Waals surface area contributed by atoms with Crippen LogP contribution in [0.15, 0.2) is 54.6 Å². The van der Waals surface area contributed by atoms with E-state index in [-0.39, 0.29) is 11.5 Å². The van der Waals surface area contributed by atoms with Gasteiger partial charge in [0.1, 0.15) is 5.75 Å². The lowest BCUT2D eigenvalue weighted by molar-refractivity contribution is 0.104. The van der Waals surface area contributed by atoms with E-state index in [1.54, 1.807) is 54.6 Å². The van der Waals surface area contributed by atoms with Crippen molar-refractivity contribution < 1.29 is 9.90 Å². The van der Waals surface area contributed by atoms with Crippen molar-refractivity contribution in [2.45, 2.75) is 0 Å². The van der Waals surface area contributed by atoms with Crippen LogP contribution in [0.25, 0.3) is 6.08 Å². The van der Waals surface area contributed by atoms with Crippen molar-refractivity contribution in [3.63, 3.8) is 0 Å². The lowest BCUT2D eigenvalue weighted by Gasteiger charge is -1.98. The first-order valence-electron chi connectivity index (χ1n) is 5.43. The first-order valence-corrected chi connectivity index (χ1v) is 5.80. The number of benzene rings is 2. The first-order chi connectivity index (χ1) is 8.66. The Balaban J connectivity index is 2.17. The standard InChI is InChI=1S/C15H11ClO2/c16-13-8-5-12(6-9-13)15(18)10-7-11-3-1-2-4-14(11)17/h1-10,17H. The Morgan fingerprint density at radius 1 is 1.06 bits per heavy atom. The highest BCUT2D eigenvalue weighted by molar-refractivity contribution is 6.30. The molecule has 0 amide bonds. The number of hydrogen-bond donors (Lipinski definition) is 1. The number of hydrogen-bond acceptors (Lipinski definition) is 2. The van der Waals surface area contributed by atoms with Crippen molar-refractivity contribution in [1.82, 2.24) is 0 Å². The molecule has 0 aliphatic carbocycles. The van der Waals surface area contributed by atoms with Gasteiger partial charge in [0, 0.05) is 16.1 Å². The molecule has 18 heavy (non-hydrogen) atoms. The van der Waals surface area contributed by atoms with E-state index in [4.69, 9.17) is 11.6 Å². The van der Waals surface area contributed by atoms with Crippen LogP contribution in [-0.4, -0.2) is 10.9 Å². The Morgan fingerprint density at radius 2 is 1.72 bits per heavy atom. The maximum Gasteiger partial charge on any atom is 0.185 e. The second-order valence-corrected chi connectivity index (χ2v) is 4.20. The van der Waals surface area contributed by atoms with E-state index in [2.05, 4.69) is 0 Å². The Morgan fingerprint density at radius 3 is 2.39 bits per heavy atom. The molecule has 1 N–H and O–H groups in total. The van der Waals surface area contributed by atoms with Crippen LogP contribution >= 0.6 is 11.6 Å². The summed E-state index contributed by atoms with van der Waals surface area (Å²) in [6, 6.07) is 13.5. The predicted molar refractivity (Wildman–Crippen MR) is 72.9 cm³/mol. The van der Waals surface area contributed by atoms with Gasteiger partial charge in [-0.05, 0) is 42.5 Å². The quantitative estimate of drug-likeness (QED) is 0.669. The van der Waals surface area contributed by atoms with Gasteiger partial charge < -0.3 is 5.11 Å². The molecule has 2 aromatic rings. The Bertz CT molecular complexity index is 586. The zero-order valence-electron chi connectivity index (χ0n) is 9.51. The molecular weight excluding hydrogens is 248 g/mol. The number of carbonyl (C=O) groups is 1. The minimum absolute atomic E-state index is 0.130. The molecule has 0 aromatic heterocycles. The zero-order chi connectivity index (χ0) is 13.0. The molecule has 0 saturated heterocycles. The van der Waals surface area contributed by atoms with E-state index in [0.717, 1.165) is 0 Å². The Labute approximate surface area is 110 Å². The highest BCUT2D eigenvalue weighted by Gasteiger charge is 2.01. The second-order valence-electron chi connectivity index (χ2n) is 3.76. The largest absolute Gasteiger partial charge is 0.507 e. The third kappa shape index (κ3) is 2.99. The average molecular weight is 259 g/mol. The SMILES string of the molecule is O=C(C=Cc1ccccc1O)c1ccc(Cl)cc1. The van der Waals surface area contributed by atoms with Gasteiger partial charge in [0.05, 0.1) is 0 Å². The van der Waals surface area contributed by atoms with Gasteiger partial charge in [0.2, 0.25) is 0 Å². The summed E-state index contributed by atoms with van der Waals surface area (Å²) in [7, 11) is 0. The fourth-order valence-electron chi connectivity index (χ4n) is 1.50. The van der Waals surface area contributed by atoms with Gasteiger partial charge in [-0.15, -0.1) is 0 Å². The molecule has 2 nitrogen and oxygen atoms in total. The minimum atomic E-state index is -0.130. The smallest absolute Gasteiger partial charge is 0.185 e. The lowest BCUT2D eigenvalue weighted by atomic mass is 10.1. The summed E-state index contributed by atoms with van der Waals surface area (Å²) < 4.78 is 0. The number of phenolic OH excluding ortho intramolecular Hbond substituents is 1. The maximum absolute atomic E-state index is 11.8. The zero-order valence-corrected chi connectivity index (χ0v) is 10.3. The summed E-state index contributed by atoms with van der Waals surface area (Å²) in [5, 5.41) is 10.1. The molecule has 2 aromatic carbocycles. The third-order valence-corrected chi connectivity index (χ3v) is 2.73. The number of ketones is 1. The molecular formula is C15H11ClO2. The highest BCUT2D eigenvalue weighted by atomic mass is 35.5. The van der Waals surface area contributed by atoms with Crippen molar-refractivity contribution in [2.24, 2.45) is 0 Å². The van der Waals surface area contributed by atoms with E-state index in [1.807, 2.05) is 0 Å². The minimum Gasteiger partial charge on any atom is -0.507 e. The summed E-state index contributed by atoms with van der Waals surface area (Å²) >= 11 is 5.75. The van der Waals surface area contributed by atoms with Crippen LogP contribution in [0.5, 0.6) is 5.75 Å². The number of carbonyl (C=O) groups excluding carboxylic acids is 1. The molecule has 0 spiro atoms. The molecule has 0 aliphatic rings. The molecule has 0 aliphatic heterocycles. The van der Waals surface area contributed by atoms with Crippen molar-refractivity contribution in [3.05, 3.63) is 70.8 Å². The fourth-order valence-corrected chi connectivity index (χ4v) is 1.63. The van der Waals surface area contributed by atoms with E-state index < -0.39 is 0 Å². The van der Waals surface area contributed by atoms with E-state index >= 15 is 0 Å². The molecule has 2 rings (SSSR count). The van der Waals surface area contributed by atoms with Crippen LogP contribution in [-0.2, 0) is 0 Å². The number of halogens is 1. The van der Waals surface area contributed by atoms with E-state index in [0.29, 0.717) is 16.1 Å². The van der Waals surface area contributed by atoms with Crippen molar-refractivity contribution in [1.29, 1.82) is 0 Å². The van der Waals surface area contributed by atoms with Crippen LogP contribution < -0.4 is 0 Å². The van der Waals surface area contributed by atoms with Gasteiger partial charge in [-0.2, -0.15) is 0 Å². The summed E-state index contributed by atoms with van der Waals surface area (Å²) in [4.78, 5) is 11.8. The van der Waals surface area contributed by atoms with Gasteiger partial charge in [-0.25, -0.2) is 0 Å². The fraction of sp³-hybridized carbons (Fsp3) is 0. The monoisotopic (exact) mass is 258 g/mol. The summed E-state index contributed by atoms with van der Waals surface area (Å²) in [5.74, 6) is 0.0209. The van der Waals surface area contributed by atoms with E-state index in [1.165, 1.54) is 6.08 Å². The first kappa shape index (κ1) is 12.4. The highest BCUT2D eigenvalue weighted by Crippen LogP contribution is 2.17. The molecule has 0 radical (unpaired) electrons. The maximum atomic E-state index is 11.8. The van der Waals surface area contributed by atoms with Crippen LogP contribution in [0, 0.1) is 0 Å². The van der Waals surface area contributed by atoms with Crippen LogP contribution in [0.1, 0.15) is 15.9 Å². The van der Waals surface area contributed by atoms with Gasteiger partial charge in [0.25, 0.3) is 0 Å². The van der Waals surface area contributed by atoms with Crippen molar-refractivity contribution >= 4 is 23.5 Å². The summed E-state index contributed by atoms with van der Waals surface area (Å²) in [6.45, 7) is 0. The van der Waals surface area contributed by atoms with Gasteiger partial charge in [0.15, 0.2) is 5.78 Å². The van der Waals surface area contributed by atoms with E-state index in [9.17, 15) is 9.90 Å². The number of rotatable bonds is 3. The summed E-state index contributed by atoms with van der Waals surface area (Å²) in [5.41, 5.74) is 1.17. The van der Waals surface area contributed by atoms with Crippen LogP contribution in [0.3, 0.4) is 0 Å². The van der Waals surface area contributed by atoms with Gasteiger partial charge in [-0.3, -0.25) is 4.79 Å². The van der Waals surface area contributed by atoms with Crippen molar-refractivity contribution in [3.8, 4) is 5.75 Å². The Kier molecular flexibility index (Phi) is 3.80. The summed E-state index contributed by atoms with van der Waals surface area (Å²) in [6.07, 6.45) is 3.02. The van der Waals surface area contributed by atoms with Crippen LogP contribution in [0.4, 0.5) is 0 Å². The molecule has 0 heterocycles. The number of para-hydroxylation sites is 1. The molecule has 0 bridgehead atoms. The second kappa shape index (κ2) is 5.52. The molecule has 0 fully saturated rings. The molecule has 90 valence electrons. The molecule has 0 atom stereocenters. The third-order valence-electron chi connectivity index (χ3n) is 2.48. The average Bonchev–Trinajstić information content (AvgIpc) is 2.38. The lowest BCUT2D eigenvalue weighted by Crippen LogP contribution is -1.93. The topological polar surface area (TPSA) is 37.3 Å². The normalized spacial score (nSPS) is 10.7. The van der Waals surface area contributed by atoms with Crippen molar-refractivity contribution in [2.75, 3.05) is 0 Å².